The van der Waals surface area contributed by atoms with E-state index in [0.29, 0.717) is 16.5 Å². The van der Waals surface area contributed by atoms with Crippen LogP contribution in [0.25, 0.3) is 0 Å². The van der Waals surface area contributed by atoms with Gasteiger partial charge in [-0.2, -0.15) is 0 Å². The molecule has 2 rings (SSSR count). The molecular weight excluding hydrogens is 208 g/mol. The first-order valence-corrected chi connectivity index (χ1v) is 5.94. The lowest BCUT2D eigenvalue weighted by Gasteiger charge is -2.05. The van der Waals surface area contributed by atoms with Crippen molar-refractivity contribution < 1.29 is 0 Å². The molecule has 0 amide bonds. The normalized spacial score (nSPS) is 22.8. The maximum Gasteiger partial charge on any atom is 0.133 e. The third-order valence-electron chi connectivity index (χ3n) is 3.10. The summed E-state index contributed by atoms with van der Waals surface area (Å²) < 4.78 is 0. The van der Waals surface area contributed by atoms with E-state index in [2.05, 4.69) is 30.7 Å². The minimum absolute atomic E-state index is 0.369. The van der Waals surface area contributed by atoms with Crippen LogP contribution in [0, 0.1) is 5.41 Å². The van der Waals surface area contributed by atoms with Crippen molar-refractivity contribution in [3.63, 3.8) is 0 Å². The average molecular weight is 225 g/mol. The van der Waals surface area contributed by atoms with E-state index in [1.807, 2.05) is 6.07 Å². The first-order chi connectivity index (χ1) is 7.03. The van der Waals surface area contributed by atoms with Gasteiger partial charge in [-0.05, 0) is 24.3 Å². The Kier molecular flexibility index (Phi) is 2.72. The third-order valence-corrected chi connectivity index (χ3v) is 3.29. The summed E-state index contributed by atoms with van der Waals surface area (Å²) in [6, 6.07) is 1.88. The number of rotatable bonds is 3. The molecule has 1 aliphatic rings. The van der Waals surface area contributed by atoms with Crippen LogP contribution < -0.4 is 0 Å². The van der Waals surface area contributed by atoms with Crippen LogP contribution in [0.5, 0.6) is 0 Å². The van der Waals surface area contributed by atoms with E-state index >= 15 is 0 Å². The van der Waals surface area contributed by atoms with Crippen LogP contribution in [0.4, 0.5) is 0 Å². The first kappa shape index (κ1) is 10.9. The molecular formula is C12H17ClN2. The number of aryl methyl sites for hydroxylation is 1. The summed E-state index contributed by atoms with van der Waals surface area (Å²) in [7, 11) is 0. The van der Waals surface area contributed by atoms with Gasteiger partial charge in [0.2, 0.25) is 0 Å². The van der Waals surface area contributed by atoms with Crippen LogP contribution in [0.15, 0.2) is 6.07 Å². The molecule has 0 aliphatic heterocycles. The fourth-order valence-corrected chi connectivity index (χ4v) is 2.14. The van der Waals surface area contributed by atoms with Gasteiger partial charge in [0.05, 0.1) is 0 Å². The highest BCUT2D eigenvalue weighted by atomic mass is 35.5. The van der Waals surface area contributed by atoms with Gasteiger partial charge in [-0.3, -0.25) is 0 Å². The van der Waals surface area contributed by atoms with Gasteiger partial charge in [0, 0.05) is 11.6 Å². The van der Waals surface area contributed by atoms with Crippen LogP contribution in [0.1, 0.15) is 51.0 Å². The molecule has 1 fully saturated rings. The highest BCUT2D eigenvalue weighted by Gasteiger charge is 2.48. The minimum Gasteiger partial charge on any atom is -0.238 e. The van der Waals surface area contributed by atoms with Crippen molar-refractivity contribution in [3.8, 4) is 0 Å². The molecule has 1 aromatic rings. The SMILES string of the molecule is CCCc1cc(Cl)nc(C2CC2(C)C)n1. The lowest BCUT2D eigenvalue weighted by Crippen LogP contribution is -2.01. The van der Waals surface area contributed by atoms with Crippen molar-refractivity contribution in [2.75, 3.05) is 0 Å². The van der Waals surface area contributed by atoms with Crippen LogP contribution in [-0.4, -0.2) is 9.97 Å². The van der Waals surface area contributed by atoms with Gasteiger partial charge in [0.1, 0.15) is 11.0 Å². The van der Waals surface area contributed by atoms with Crippen molar-refractivity contribution in [1.29, 1.82) is 0 Å². The largest absolute Gasteiger partial charge is 0.238 e. The lowest BCUT2D eigenvalue weighted by atomic mass is 10.1. The Morgan fingerprint density at radius 3 is 2.67 bits per heavy atom. The van der Waals surface area contributed by atoms with Crippen LogP contribution >= 0.6 is 11.6 Å². The van der Waals surface area contributed by atoms with Crippen LogP contribution in [0.3, 0.4) is 0 Å². The number of hydrogen-bond acceptors (Lipinski definition) is 2. The summed E-state index contributed by atoms with van der Waals surface area (Å²) in [6.07, 6.45) is 3.27. The second-order valence-corrected chi connectivity index (χ2v) is 5.42. The van der Waals surface area contributed by atoms with Crippen molar-refractivity contribution in [2.24, 2.45) is 5.41 Å². The molecule has 1 atom stereocenters. The van der Waals surface area contributed by atoms with E-state index in [4.69, 9.17) is 11.6 Å². The molecule has 0 spiro atoms. The van der Waals surface area contributed by atoms with E-state index in [-0.39, 0.29) is 0 Å². The molecule has 15 heavy (non-hydrogen) atoms. The molecule has 1 aromatic heterocycles. The van der Waals surface area contributed by atoms with E-state index in [1.54, 1.807) is 0 Å². The third kappa shape index (κ3) is 2.31. The minimum atomic E-state index is 0.369. The van der Waals surface area contributed by atoms with Crippen molar-refractivity contribution in [2.45, 2.75) is 46.0 Å². The highest BCUT2D eigenvalue weighted by Crippen LogP contribution is 2.57. The average Bonchev–Trinajstić information content (AvgIpc) is 2.75. The smallest absolute Gasteiger partial charge is 0.133 e. The van der Waals surface area contributed by atoms with Gasteiger partial charge in [0.15, 0.2) is 0 Å². The van der Waals surface area contributed by atoms with Gasteiger partial charge in [-0.1, -0.05) is 38.8 Å². The summed E-state index contributed by atoms with van der Waals surface area (Å²) in [4.78, 5) is 8.91. The zero-order valence-corrected chi connectivity index (χ0v) is 10.3. The predicted octanol–water partition coefficient (Wildman–Crippen LogP) is 3.60. The molecule has 0 N–H and O–H groups in total. The van der Waals surface area contributed by atoms with Crippen molar-refractivity contribution in [1.82, 2.24) is 9.97 Å². The zero-order valence-electron chi connectivity index (χ0n) is 9.55. The summed E-state index contributed by atoms with van der Waals surface area (Å²) >= 11 is 6.00. The van der Waals surface area contributed by atoms with Gasteiger partial charge >= 0.3 is 0 Å². The van der Waals surface area contributed by atoms with Crippen molar-refractivity contribution >= 4 is 11.6 Å². The zero-order chi connectivity index (χ0) is 11.1. The predicted molar refractivity (Wildman–Crippen MR) is 62.2 cm³/mol. The maximum atomic E-state index is 6.00. The van der Waals surface area contributed by atoms with Gasteiger partial charge in [0.25, 0.3) is 0 Å². The number of aromatic nitrogens is 2. The maximum absolute atomic E-state index is 6.00. The fourth-order valence-electron chi connectivity index (χ4n) is 1.93. The van der Waals surface area contributed by atoms with E-state index in [0.717, 1.165) is 24.4 Å². The molecule has 0 radical (unpaired) electrons. The Morgan fingerprint density at radius 2 is 2.13 bits per heavy atom. The standard InChI is InChI=1S/C12H17ClN2/c1-4-5-8-6-10(13)15-11(14-8)9-7-12(9,2)3/h6,9H,4-5,7H2,1-3H3. The second-order valence-electron chi connectivity index (χ2n) is 5.04. The second kappa shape index (κ2) is 3.75. The molecule has 82 valence electrons. The van der Waals surface area contributed by atoms with E-state index < -0.39 is 0 Å². The van der Waals surface area contributed by atoms with Gasteiger partial charge in [-0.25, -0.2) is 9.97 Å². The highest BCUT2D eigenvalue weighted by molar-refractivity contribution is 6.29. The molecule has 0 aromatic carbocycles. The Bertz CT molecular complexity index is 374. The quantitative estimate of drug-likeness (QED) is 0.734. The van der Waals surface area contributed by atoms with Crippen LogP contribution in [0.2, 0.25) is 5.15 Å². The number of nitrogens with zero attached hydrogens (tertiary/aromatic N) is 2. The molecule has 2 nitrogen and oxygen atoms in total. The summed E-state index contributed by atoms with van der Waals surface area (Å²) in [5, 5.41) is 0.589. The molecule has 1 saturated carbocycles. The molecule has 1 aliphatic carbocycles. The van der Waals surface area contributed by atoms with Crippen LogP contribution in [-0.2, 0) is 6.42 Å². The summed E-state index contributed by atoms with van der Waals surface area (Å²) in [5.41, 5.74) is 1.45. The number of halogens is 1. The first-order valence-electron chi connectivity index (χ1n) is 5.56. The summed E-state index contributed by atoms with van der Waals surface area (Å²) in [6.45, 7) is 6.65. The topological polar surface area (TPSA) is 25.8 Å². The van der Waals surface area contributed by atoms with Crippen molar-refractivity contribution in [3.05, 3.63) is 22.7 Å². The lowest BCUT2D eigenvalue weighted by molar-refractivity contribution is 0.606. The Labute approximate surface area is 96.1 Å². The van der Waals surface area contributed by atoms with E-state index in [1.165, 1.54) is 6.42 Å². The summed E-state index contributed by atoms with van der Waals surface area (Å²) in [5.74, 6) is 1.45. The fraction of sp³-hybridized carbons (Fsp3) is 0.667. The molecule has 0 bridgehead atoms. The Hall–Kier alpha value is -0.630. The Balaban J connectivity index is 2.25. The van der Waals surface area contributed by atoms with Gasteiger partial charge in [-0.15, -0.1) is 0 Å². The Morgan fingerprint density at radius 1 is 1.47 bits per heavy atom. The monoisotopic (exact) mass is 224 g/mol. The van der Waals surface area contributed by atoms with E-state index in [9.17, 15) is 0 Å². The molecule has 1 unspecified atom stereocenters. The molecule has 0 saturated heterocycles. The number of hydrogen-bond donors (Lipinski definition) is 0. The van der Waals surface area contributed by atoms with Gasteiger partial charge < -0.3 is 0 Å². The molecule has 3 heteroatoms. The molecule has 1 heterocycles.